The SMILES string of the molecule is C.CC(F)(F)CF.CCF.CF.CF.COS(=O)(=O)CS(=O)(=O)N(C)S(=O)(=O)COCF. The maximum absolute atomic E-state index is 11.6. The number of alkyl halides is 7. The van der Waals surface area contributed by atoms with Crippen LogP contribution in [0.25, 0.3) is 0 Å². The topological polar surface area (TPSA) is 124 Å². The summed E-state index contributed by atoms with van der Waals surface area (Å²) >= 11 is 0. The lowest BCUT2D eigenvalue weighted by atomic mass is 10.4. The van der Waals surface area contributed by atoms with Gasteiger partial charge in [-0.2, -0.15) is 8.42 Å². The molecule has 0 aromatic heterocycles. The van der Waals surface area contributed by atoms with Crippen molar-refractivity contribution in [2.45, 2.75) is 27.2 Å². The van der Waals surface area contributed by atoms with E-state index in [1.54, 1.807) is 0 Å². The summed E-state index contributed by atoms with van der Waals surface area (Å²) in [5, 5.41) is -1.55. The highest BCUT2D eigenvalue weighted by Gasteiger charge is 2.34. The van der Waals surface area contributed by atoms with Crippen LogP contribution >= 0.6 is 0 Å². The molecule has 0 fully saturated rings. The van der Waals surface area contributed by atoms with Gasteiger partial charge in [0.25, 0.3) is 26.1 Å². The molecule has 0 radical (unpaired) electrons. The minimum atomic E-state index is -4.69. The molecular weight excluding hydrogens is 527 g/mol. The highest BCUT2D eigenvalue weighted by atomic mass is 32.3. The Labute approximate surface area is 186 Å². The minimum absolute atomic E-state index is 0. The van der Waals surface area contributed by atoms with Gasteiger partial charge in [0.15, 0.2) is 24.6 Å². The first-order valence-electron chi connectivity index (χ1n) is 7.33. The Morgan fingerprint density at radius 2 is 1.19 bits per heavy atom. The monoisotopic (exact) mass is 559 g/mol. The van der Waals surface area contributed by atoms with Crippen molar-refractivity contribution in [2.24, 2.45) is 0 Å². The molecule has 204 valence electrons. The van der Waals surface area contributed by atoms with E-state index < -0.39 is 60.6 Å². The number of nitrogens with zero attached hydrogens (tertiary/aromatic N) is 1. The van der Waals surface area contributed by atoms with Crippen LogP contribution in [0.3, 0.4) is 0 Å². The average Bonchev–Trinajstić information content (AvgIpc) is 2.68. The predicted molar refractivity (Wildman–Crippen MR) is 107 cm³/mol. The van der Waals surface area contributed by atoms with E-state index in [1.807, 2.05) is 0 Å². The third-order valence-electron chi connectivity index (χ3n) is 1.87. The summed E-state index contributed by atoms with van der Waals surface area (Å²) in [6.45, 7) is -1.25. The van der Waals surface area contributed by atoms with Gasteiger partial charge in [-0.25, -0.2) is 34.4 Å². The number of rotatable bonds is 9. The van der Waals surface area contributed by atoms with Crippen molar-refractivity contribution in [3.8, 4) is 0 Å². The van der Waals surface area contributed by atoms with Gasteiger partial charge < -0.3 is 4.74 Å². The van der Waals surface area contributed by atoms with Crippen LogP contribution in [0.2, 0.25) is 0 Å². The quantitative estimate of drug-likeness (QED) is 0.312. The molecule has 0 aliphatic heterocycles. The summed E-state index contributed by atoms with van der Waals surface area (Å²) in [5.41, 5.74) is 0. The van der Waals surface area contributed by atoms with E-state index in [0.717, 1.165) is 7.11 Å². The highest BCUT2D eigenvalue weighted by Crippen LogP contribution is 2.11. The maximum atomic E-state index is 11.6. The van der Waals surface area contributed by atoms with E-state index in [9.17, 15) is 56.0 Å². The van der Waals surface area contributed by atoms with Crippen LogP contribution < -0.4 is 0 Å². The van der Waals surface area contributed by atoms with Crippen LogP contribution in [-0.4, -0.2) is 94.6 Å². The molecule has 0 aliphatic carbocycles. The Balaban J connectivity index is -0.000000100. The molecule has 0 unspecified atom stereocenters. The minimum Gasteiger partial charge on any atom is -0.333 e. The first-order chi connectivity index (χ1) is 14.0. The molecule has 19 heteroatoms. The second kappa shape index (κ2) is 23.4. The second-order valence-corrected chi connectivity index (χ2v) is 10.6. The number of sulfonamides is 2. The zero-order chi connectivity index (χ0) is 26.5. The molecule has 0 amide bonds. The zero-order valence-electron chi connectivity index (χ0n) is 17.6. The molecule has 0 spiro atoms. The van der Waals surface area contributed by atoms with Gasteiger partial charge >= 0.3 is 0 Å². The lowest BCUT2D eigenvalue weighted by Crippen LogP contribution is -2.39. The Kier molecular flexibility index (Phi) is 32.8. The second-order valence-electron chi connectivity index (χ2n) is 4.35. The largest absolute Gasteiger partial charge is 0.333 e. The van der Waals surface area contributed by atoms with Crippen molar-refractivity contribution in [1.82, 2.24) is 3.71 Å². The molecule has 0 N–H and O–H groups in total. The van der Waals surface area contributed by atoms with E-state index in [2.05, 4.69) is 8.92 Å². The van der Waals surface area contributed by atoms with Crippen molar-refractivity contribution >= 4 is 30.2 Å². The fourth-order valence-electron chi connectivity index (χ4n) is 0.689. The van der Waals surface area contributed by atoms with Crippen molar-refractivity contribution in [3.63, 3.8) is 0 Å². The van der Waals surface area contributed by atoms with Gasteiger partial charge in [-0.15, -0.1) is 0 Å². The lowest BCUT2D eigenvalue weighted by molar-refractivity contribution is -0.00294. The summed E-state index contributed by atoms with van der Waals surface area (Å²) in [5.74, 6) is -4.35. The fraction of sp³-hybridized carbons (Fsp3) is 1.00. The summed E-state index contributed by atoms with van der Waals surface area (Å²) in [6.07, 6.45) is 0. The third-order valence-corrected chi connectivity index (χ3v) is 8.12. The van der Waals surface area contributed by atoms with Crippen LogP contribution in [-0.2, 0) is 39.1 Å². The van der Waals surface area contributed by atoms with Crippen molar-refractivity contribution in [1.29, 1.82) is 0 Å². The van der Waals surface area contributed by atoms with Crippen LogP contribution in [0.5, 0.6) is 0 Å². The number of halogens is 7. The predicted octanol–water partition coefficient (Wildman–Crippen LogP) is 2.81. The standard InChI is InChI=1S/C5H12FNO8S3.C3H5F3.C2H5F.2CH3F.CH4/c1-7(16(8,9)4-15-3-6)17(10,11)5-18(12,13)14-2;1-3(5,6)2-4;1-2-3;2*1-2;/h3-5H2,1-2H3;2H2,1H3;2H2,1H3;2*1H3;1H4. The molecule has 0 heterocycles. The molecule has 0 saturated carbocycles. The zero-order valence-corrected chi connectivity index (χ0v) is 20.1. The number of hydrogen-bond acceptors (Lipinski definition) is 8. The molecule has 0 aromatic carbocycles. The normalized spacial score (nSPS) is 11.1. The molecule has 0 atom stereocenters. The summed E-state index contributed by atoms with van der Waals surface area (Å²) in [6, 6.07) is 0. The van der Waals surface area contributed by atoms with Crippen LogP contribution in [0, 0.1) is 0 Å². The maximum Gasteiger partial charge on any atom is 0.283 e. The summed E-state index contributed by atoms with van der Waals surface area (Å²) in [7, 11) is -11.3. The molecule has 9 nitrogen and oxygen atoms in total. The van der Waals surface area contributed by atoms with Gasteiger partial charge in [0.05, 0.1) is 28.1 Å². The van der Waals surface area contributed by atoms with Gasteiger partial charge in [0.2, 0.25) is 10.0 Å². The van der Waals surface area contributed by atoms with Crippen LogP contribution in [0.1, 0.15) is 21.3 Å². The summed E-state index contributed by atoms with van der Waals surface area (Å²) in [4.78, 5) is 0. The van der Waals surface area contributed by atoms with Crippen molar-refractivity contribution in [3.05, 3.63) is 0 Å². The van der Waals surface area contributed by atoms with E-state index in [-0.39, 0.29) is 17.8 Å². The van der Waals surface area contributed by atoms with Crippen molar-refractivity contribution < 1.29 is 64.9 Å². The molecular formula is C13H32F7NO8S3. The first-order valence-corrected chi connectivity index (χ1v) is 12.1. The van der Waals surface area contributed by atoms with Crippen LogP contribution in [0.4, 0.5) is 30.7 Å². The Morgan fingerprint density at radius 1 is 0.875 bits per heavy atom. The third kappa shape index (κ3) is 29.2. The smallest absolute Gasteiger partial charge is 0.283 e. The van der Waals surface area contributed by atoms with Crippen molar-refractivity contribution in [2.75, 3.05) is 59.7 Å². The molecule has 0 aliphatic rings. The van der Waals surface area contributed by atoms with Gasteiger partial charge in [-0.3, -0.25) is 17.4 Å². The molecule has 0 aromatic rings. The van der Waals surface area contributed by atoms with Gasteiger partial charge in [-0.05, 0) is 6.92 Å². The lowest BCUT2D eigenvalue weighted by Gasteiger charge is -2.16. The average molecular weight is 560 g/mol. The number of hydrogen-bond donors (Lipinski definition) is 0. The Hall–Kier alpha value is -0.760. The van der Waals surface area contributed by atoms with E-state index in [1.165, 1.54) is 6.92 Å². The first kappa shape index (κ1) is 44.8. The van der Waals surface area contributed by atoms with Gasteiger partial charge in [0.1, 0.15) is 0 Å². The molecule has 0 saturated heterocycles. The Morgan fingerprint density at radius 3 is 1.41 bits per heavy atom. The van der Waals surface area contributed by atoms with Crippen LogP contribution in [0.15, 0.2) is 0 Å². The molecule has 0 bridgehead atoms. The fourth-order valence-corrected chi connectivity index (χ4v) is 5.45. The van der Waals surface area contributed by atoms with E-state index in [4.69, 9.17) is 0 Å². The molecule has 0 rings (SSSR count). The van der Waals surface area contributed by atoms with E-state index in [0.29, 0.717) is 28.3 Å². The highest BCUT2D eigenvalue weighted by molar-refractivity contribution is 8.10. The Bertz CT molecular complexity index is 700. The summed E-state index contributed by atoms with van der Waals surface area (Å²) < 4.78 is 149. The van der Waals surface area contributed by atoms with Gasteiger partial charge in [-0.1, -0.05) is 11.1 Å². The van der Waals surface area contributed by atoms with Gasteiger partial charge in [0, 0.05) is 14.0 Å². The molecule has 32 heavy (non-hydrogen) atoms. The number of ether oxygens (including phenoxy) is 1. The van der Waals surface area contributed by atoms with E-state index >= 15 is 0 Å².